The minimum atomic E-state index is -0.468. The van der Waals surface area contributed by atoms with Crippen LogP contribution in [0.1, 0.15) is 13.3 Å². The molecule has 0 bridgehead atoms. The van der Waals surface area contributed by atoms with Crippen molar-refractivity contribution in [2.75, 3.05) is 39.3 Å². The molecule has 1 amide bonds. The van der Waals surface area contributed by atoms with Gasteiger partial charge >= 0.3 is 0 Å². The third-order valence-electron chi connectivity index (χ3n) is 5.77. The molecule has 2 fully saturated rings. The normalized spacial score (nSPS) is 20.7. The van der Waals surface area contributed by atoms with Crippen molar-refractivity contribution < 1.29 is 9.53 Å². The van der Waals surface area contributed by atoms with Crippen LogP contribution < -0.4 is 10.1 Å². The summed E-state index contributed by atoms with van der Waals surface area (Å²) in [6.45, 7) is 7.74. The Bertz CT molecular complexity index is 778. The molecule has 0 spiro atoms. The predicted octanol–water partition coefficient (Wildman–Crippen LogP) is 3.05. The van der Waals surface area contributed by atoms with E-state index in [9.17, 15) is 4.79 Å². The lowest BCUT2D eigenvalue weighted by Gasteiger charge is -2.32. The van der Waals surface area contributed by atoms with Crippen molar-refractivity contribution in [1.82, 2.24) is 15.1 Å². The van der Waals surface area contributed by atoms with Gasteiger partial charge in [0.1, 0.15) is 5.75 Å². The van der Waals surface area contributed by atoms with Gasteiger partial charge in [-0.25, -0.2) is 0 Å². The maximum absolute atomic E-state index is 12.8. The standard InChI is InChI=1S/C23H29N3O2.ClH/c1-18(23(27)26-14-11-21(17-26)25-15-12-24-13-16-25)28-22-9-7-20(8-10-22)19-5-3-2-4-6-19;/h2-10,18,21,24H,11-17H2,1H3;1H. The van der Waals surface area contributed by atoms with Crippen molar-refractivity contribution in [3.63, 3.8) is 0 Å². The van der Waals surface area contributed by atoms with Gasteiger partial charge in [-0.15, -0.1) is 12.4 Å². The summed E-state index contributed by atoms with van der Waals surface area (Å²) in [6.07, 6.45) is 0.592. The molecule has 0 aromatic heterocycles. The summed E-state index contributed by atoms with van der Waals surface area (Å²) in [5, 5.41) is 3.39. The summed E-state index contributed by atoms with van der Waals surface area (Å²) < 4.78 is 5.95. The number of hydrogen-bond donors (Lipinski definition) is 1. The van der Waals surface area contributed by atoms with Gasteiger partial charge in [0, 0.05) is 45.3 Å². The van der Waals surface area contributed by atoms with Crippen LogP contribution in [0.4, 0.5) is 0 Å². The second-order valence-corrected chi connectivity index (χ2v) is 7.66. The third kappa shape index (κ3) is 5.30. The van der Waals surface area contributed by atoms with Crippen LogP contribution in [0.5, 0.6) is 5.75 Å². The number of hydrogen-bond acceptors (Lipinski definition) is 4. The Hall–Kier alpha value is -2.08. The average Bonchev–Trinajstić information content (AvgIpc) is 3.25. The molecule has 0 radical (unpaired) electrons. The van der Waals surface area contributed by atoms with Crippen molar-refractivity contribution in [3.05, 3.63) is 54.6 Å². The smallest absolute Gasteiger partial charge is 0.263 e. The first-order valence-corrected chi connectivity index (χ1v) is 10.3. The molecule has 2 heterocycles. The number of nitrogens with one attached hydrogen (secondary N) is 1. The zero-order valence-corrected chi connectivity index (χ0v) is 17.7. The van der Waals surface area contributed by atoms with Gasteiger partial charge in [-0.05, 0) is 36.6 Å². The number of benzene rings is 2. The van der Waals surface area contributed by atoms with E-state index in [2.05, 4.69) is 22.3 Å². The number of ether oxygens (including phenoxy) is 1. The second kappa shape index (κ2) is 10.1. The Morgan fingerprint density at radius 1 is 1.00 bits per heavy atom. The lowest BCUT2D eigenvalue weighted by molar-refractivity contribution is -0.137. The van der Waals surface area contributed by atoms with E-state index in [1.165, 1.54) is 5.56 Å². The van der Waals surface area contributed by atoms with Crippen molar-refractivity contribution in [3.8, 4) is 16.9 Å². The van der Waals surface area contributed by atoms with E-state index in [0.717, 1.165) is 57.0 Å². The molecule has 2 aromatic rings. The molecule has 2 aromatic carbocycles. The fourth-order valence-electron chi connectivity index (χ4n) is 4.16. The highest BCUT2D eigenvalue weighted by atomic mass is 35.5. The number of amides is 1. The monoisotopic (exact) mass is 415 g/mol. The number of carbonyl (C=O) groups is 1. The molecule has 2 saturated heterocycles. The SMILES string of the molecule is CC(Oc1ccc(-c2ccccc2)cc1)C(=O)N1CCC(N2CCNCC2)C1.Cl. The first-order valence-electron chi connectivity index (χ1n) is 10.3. The minimum absolute atomic E-state index is 0. The summed E-state index contributed by atoms with van der Waals surface area (Å²) in [5.41, 5.74) is 2.32. The van der Waals surface area contributed by atoms with Crippen LogP contribution in [-0.4, -0.2) is 67.1 Å². The maximum atomic E-state index is 12.8. The van der Waals surface area contributed by atoms with Crippen LogP contribution in [0.2, 0.25) is 0 Å². The van der Waals surface area contributed by atoms with Crippen LogP contribution >= 0.6 is 12.4 Å². The van der Waals surface area contributed by atoms with E-state index in [-0.39, 0.29) is 18.3 Å². The first kappa shape index (κ1) is 21.6. The molecule has 2 aliphatic rings. The topological polar surface area (TPSA) is 44.8 Å². The highest BCUT2D eigenvalue weighted by Crippen LogP contribution is 2.23. The number of nitrogens with zero attached hydrogens (tertiary/aromatic N) is 2. The zero-order chi connectivity index (χ0) is 19.3. The van der Waals surface area contributed by atoms with Crippen LogP contribution in [0.25, 0.3) is 11.1 Å². The predicted molar refractivity (Wildman–Crippen MR) is 119 cm³/mol. The van der Waals surface area contributed by atoms with Gasteiger partial charge in [0.15, 0.2) is 6.10 Å². The molecule has 156 valence electrons. The van der Waals surface area contributed by atoms with Crippen molar-refractivity contribution >= 4 is 18.3 Å². The summed E-state index contributed by atoms with van der Waals surface area (Å²) in [5.74, 6) is 0.822. The van der Waals surface area contributed by atoms with E-state index >= 15 is 0 Å². The molecule has 29 heavy (non-hydrogen) atoms. The molecular weight excluding hydrogens is 386 g/mol. The number of piperazine rings is 1. The number of likely N-dealkylation sites (tertiary alicyclic amines) is 1. The first-order chi connectivity index (χ1) is 13.7. The van der Waals surface area contributed by atoms with E-state index in [0.29, 0.717) is 6.04 Å². The van der Waals surface area contributed by atoms with E-state index < -0.39 is 6.10 Å². The third-order valence-corrected chi connectivity index (χ3v) is 5.77. The Kier molecular flexibility index (Phi) is 7.53. The molecule has 2 atom stereocenters. The quantitative estimate of drug-likeness (QED) is 0.815. The van der Waals surface area contributed by atoms with Gasteiger partial charge in [-0.2, -0.15) is 0 Å². The Morgan fingerprint density at radius 3 is 2.34 bits per heavy atom. The summed E-state index contributed by atoms with van der Waals surface area (Å²) in [7, 11) is 0. The molecule has 2 aliphatic heterocycles. The summed E-state index contributed by atoms with van der Waals surface area (Å²) in [4.78, 5) is 17.3. The Balaban J connectivity index is 0.00000240. The van der Waals surface area contributed by atoms with Gasteiger partial charge in [-0.1, -0.05) is 42.5 Å². The van der Waals surface area contributed by atoms with Crippen molar-refractivity contribution in [1.29, 1.82) is 0 Å². The number of rotatable bonds is 5. The summed E-state index contributed by atoms with van der Waals surface area (Å²) >= 11 is 0. The molecule has 5 nitrogen and oxygen atoms in total. The number of carbonyl (C=O) groups excluding carboxylic acids is 1. The highest BCUT2D eigenvalue weighted by molar-refractivity contribution is 5.85. The maximum Gasteiger partial charge on any atom is 0.263 e. The number of halogens is 1. The molecule has 4 rings (SSSR count). The van der Waals surface area contributed by atoms with E-state index in [1.807, 2.05) is 54.3 Å². The zero-order valence-electron chi connectivity index (χ0n) is 16.9. The minimum Gasteiger partial charge on any atom is -0.481 e. The molecule has 0 aliphatic carbocycles. The second-order valence-electron chi connectivity index (χ2n) is 7.66. The van der Waals surface area contributed by atoms with Gasteiger partial charge in [0.05, 0.1) is 0 Å². The van der Waals surface area contributed by atoms with Crippen LogP contribution in [0.3, 0.4) is 0 Å². The molecule has 6 heteroatoms. The fraction of sp³-hybridized carbons (Fsp3) is 0.435. The molecule has 2 unspecified atom stereocenters. The Morgan fingerprint density at radius 2 is 1.66 bits per heavy atom. The van der Waals surface area contributed by atoms with Crippen molar-refractivity contribution in [2.24, 2.45) is 0 Å². The van der Waals surface area contributed by atoms with Gasteiger partial charge < -0.3 is 15.0 Å². The highest BCUT2D eigenvalue weighted by Gasteiger charge is 2.33. The largest absolute Gasteiger partial charge is 0.481 e. The lowest BCUT2D eigenvalue weighted by atomic mass is 10.1. The van der Waals surface area contributed by atoms with Gasteiger partial charge in [0.2, 0.25) is 0 Å². The van der Waals surface area contributed by atoms with Crippen molar-refractivity contribution in [2.45, 2.75) is 25.5 Å². The molecular formula is C23H30ClN3O2. The lowest BCUT2D eigenvalue weighted by Crippen LogP contribution is -2.50. The van der Waals surface area contributed by atoms with Crippen LogP contribution in [0.15, 0.2) is 54.6 Å². The van der Waals surface area contributed by atoms with E-state index in [4.69, 9.17) is 4.74 Å². The van der Waals surface area contributed by atoms with Crippen LogP contribution in [-0.2, 0) is 4.79 Å². The molecule has 1 N–H and O–H groups in total. The van der Waals surface area contributed by atoms with E-state index in [1.54, 1.807) is 0 Å². The van der Waals surface area contributed by atoms with Crippen LogP contribution in [0, 0.1) is 0 Å². The summed E-state index contributed by atoms with van der Waals surface area (Å²) in [6, 6.07) is 18.7. The average molecular weight is 416 g/mol. The Labute approximate surface area is 179 Å². The fourth-order valence-corrected chi connectivity index (χ4v) is 4.16. The molecule has 0 saturated carbocycles. The van der Waals surface area contributed by atoms with Gasteiger partial charge in [0.25, 0.3) is 5.91 Å². The van der Waals surface area contributed by atoms with Gasteiger partial charge in [-0.3, -0.25) is 9.69 Å².